The van der Waals surface area contributed by atoms with Crippen LogP contribution in [0.2, 0.25) is 0 Å². The standard InChI is InChI=1S/C7H6FNO2/c1-11-6-2-5(4-10)7(8)9-3-6/h2-4H,1H3. The number of ether oxygens (including phenoxy) is 1. The van der Waals surface area contributed by atoms with Crippen LogP contribution in [0.3, 0.4) is 0 Å². The molecule has 0 unspecified atom stereocenters. The average molecular weight is 155 g/mol. The average Bonchev–Trinajstić information content (AvgIpc) is 2.05. The van der Waals surface area contributed by atoms with Gasteiger partial charge in [0.25, 0.3) is 0 Å². The summed E-state index contributed by atoms with van der Waals surface area (Å²) in [6.45, 7) is 0. The van der Waals surface area contributed by atoms with Crippen LogP contribution in [0.1, 0.15) is 10.4 Å². The Bertz CT molecular complexity index is 275. The highest BCUT2D eigenvalue weighted by atomic mass is 19.1. The second-order valence-corrected chi connectivity index (χ2v) is 1.87. The van der Waals surface area contributed by atoms with E-state index in [0.717, 1.165) is 0 Å². The molecule has 11 heavy (non-hydrogen) atoms. The Morgan fingerprint density at radius 1 is 1.73 bits per heavy atom. The van der Waals surface area contributed by atoms with E-state index in [-0.39, 0.29) is 5.56 Å². The van der Waals surface area contributed by atoms with Gasteiger partial charge in [0.15, 0.2) is 6.29 Å². The molecule has 0 aromatic carbocycles. The Balaban J connectivity index is 3.12. The molecule has 0 radical (unpaired) electrons. The number of nitrogens with zero attached hydrogens (tertiary/aromatic N) is 1. The van der Waals surface area contributed by atoms with Crippen molar-refractivity contribution in [2.75, 3.05) is 7.11 Å². The Labute approximate surface area is 62.8 Å². The minimum Gasteiger partial charge on any atom is -0.495 e. The maximum Gasteiger partial charge on any atom is 0.223 e. The van der Waals surface area contributed by atoms with Gasteiger partial charge in [0, 0.05) is 0 Å². The second-order valence-electron chi connectivity index (χ2n) is 1.87. The quantitative estimate of drug-likeness (QED) is 0.473. The van der Waals surface area contributed by atoms with Crippen molar-refractivity contribution in [2.45, 2.75) is 0 Å². The normalized spacial score (nSPS) is 9.27. The lowest BCUT2D eigenvalue weighted by Gasteiger charge is -1.98. The van der Waals surface area contributed by atoms with E-state index < -0.39 is 5.95 Å². The first-order valence-electron chi connectivity index (χ1n) is 2.92. The molecular formula is C7H6FNO2. The van der Waals surface area contributed by atoms with Crippen molar-refractivity contribution in [1.29, 1.82) is 0 Å². The van der Waals surface area contributed by atoms with Gasteiger partial charge in [-0.05, 0) is 6.07 Å². The summed E-state index contributed by atoms with van der Waals surface area (Å²) in [5, 5.41) is 0. The smallest absolute Gasteiger partial charge is 0.223 e. The van der Waals surface area contributed by atoms with E-state index in [2.05, 4.69) is 4.98 Å². The molecule has 0 aliphatic rings. The van der Waals surface area contributed by atoms with Crippen LogP contribution >= 0.6 is 0 Å². The third-order valence-corrected chi connectivity index (χ3v) is 1.20. The Morgan fingerprint density at radius 2 is 2.45 bits per heavy atom. The lowest BCUT2D eigenvalue weighted by molar-refractivity contribution is 0.111. The van der Waals surface area contributed by atoms with Crippen LogP contribution in [-0.2, 0) is 0 Å². The molecule has 0 saturated carbocycles. The first-order chi connectivity index (χ1) is 5.27. The number of pyridine rings is 1. The molecule has 3 nitrogen and oxygen atoms in total. The van der Waals surface area contributed by atoms with Gasteiger partial charge in [-0.1, -0.05) is 0 Å². The molecule has 1 rings (SSSR count). The van der Waals surface area contributed by atoms with Crippen molar-refractivity contribution >= 4 is 6.29 Å². The van der Waals surface area contributed by atoms with Gasteiger partial charge in [-0.2, -0.15) is 4.39 Å². The molecule has 0 bridgehead atoms. The fourth-order valence-corrected chi connectivity index (χ4v) is 0.639. The van der Waals surface area contributed by atoms with E-state index in [0.29, 0.717) is 12.0 Å². The van der Waals surface area contributed by atoms with Crippen LogP contribution in [0.4, 0.5) is 4.39 Å². The fourth-order valence-electron chi connectivity index (χ4n) is 0.639. The van der Waals surface area contributed by atoms with Crippen LogP contribution in [-0.4, -0.2) is 18.4 Å². The van der Waals surface area contributed by atoms with Crippen LogP contribution in [0, 0.1) is 5.95 Å². The minimum absolute atomic E-state index is 0.0932. The van der Waals surface area contributed by atoms with Gasteiger partial charge >= 0.3 is 0 Å². The number of aromatic nitrogens is 1. The third kappa shape index (κ3) is 1.52. The SMILES string of the molecule is COc1cnc(F)c(C=O)c1. The summed E-state index contributed by atoms with van der Waals surface area (Å²) in [6.07, 6.45) is 1.60. The predicted molar refractivity (Wildman–Crippen MR) is 36.1 cm³/mol. The van der Waals surface area contributed by atoms with E-state index in [4.69, 9.17) is 4.74 Å². The van der Waals surface area contributed by atoms with Crippen molar-refractivity contribution < 1.29 is 13.9 Å². The molecule has 0 aliphatic carbocycles. The van der Waals surface area contributed by atoms with Gasteiger partial charge in [0.05, 0.1) is 18.9 Å². The molecule has 0 atom stereocenters. The van der Waals surface area contributed by atoms with Gasteiger partial charge in [0.1, 0.15) is 5.75 Å². The lowest BCUT2D eigenvalue weighted by Crippen LogP contribution is -1.93. The molecule has 1 aromatic heterocycles. The minimum atomic E-state index is -0.777. The molecular weight excluding hydrogens is 149 g/mol. The zero-order chi connectivity index (χ0) is 8.27. The summed E-state index contributed by atoms with van der Waals surface area (Å²) in [5.41, 5.74) is -0.0932. The summed E-state index contributed by atoms with van der Waals surface area (Å²) in [4.78, 5) is 13.5. The predicted octanol–water partition coefficient (Wildman–Crippen LogP) is 1.04. The number of hydrogen-bond donors (Lipinski definition) is 0. The van der Waals surface area contributed by atoms with E-state index in [1.54, 1.807) is 0 Å². The van der Waals surface area contributed by atoms with Gasteiger partial charge < -0.3 is 4.74 Å². The lowest BCUT2D eigenvalue weighted by atomic mass is 10.3. The molecule has 0 spiro atoms. The van der Waals surface area contributed by atoms with Crippen molar-refractivity contribution in [1.82, 2.24) is 4.98 Å². The van der Waals surface area contributed by atoms with Gasteiger partial charge in [-0.25, -0.2) is 4.98 Å². The molecule has 0 amide bonds. The number of carbonyl (C=O) groups is 1. The summed E-state index contributed by atoms with van der Waals surface area (Å²) in [5.74, 6) is -0.408. The largest absolute Gasteiger partial charge is 0.495 e. The van der Waals surface area contributed by atoms with Crippen molar-refractivity contribution in [3.05, 3.63) is 23.8 Å². The second kappa shape index (κ2) is 3.09. The maximum absolute atomic E-state index is 12.5. The Hall–Kier alpha value is -1.45. The van der Waals surface area contributed by atoms with Gasteiger partial charge in [-0.3, -0.25) is 4.79 Å². The van der Waals surface area contributed by atoms with E-state index in [9.17, 15) is 9.18 Å². The van der Waals surface area contributed by atoms with Gasteiger partial charge in [-0.15, -0.1) is 0 Å². The first kappa shape index (κ1) is 7.65. The zero-order valence-electron chi connectivity index (χ0n) is 5.87. The van der Waals surface area contributed by atoms with Crippen molar-refractivity contribution in [2.24, 2.45) is 0 Å². The highest BCUT2D eigenvalue weighted by Gasteiger charge is 2.02. The van der Waals surface area contributed by atoms with E-state index in [1.165, 1.54) is 19.4 Å². The summed E-state index contributed by atoms with van der Waals surface area (Å²) >= 11 is 0. The topological polar surface area (TPSA) is 39.2 Å². The summed E-state index contributed by atoms with van der Waals surface area (Å²) in [7, 11) is 1.42. The number of aldehydes is 1. The molecule has 0 aliphatic heterocycles. The van der Waals surface area contributed by atoms with Crippen molar-refractivity contribution in [3.63, 3.8) is 0 Å². The Kier molecular flexibility index (Phi) is 2.15. The molecule has 1 heterocycles. The third-order valence-electron chi connectivity index (χ3n) is 1.20. The number of hydrogen-bond acceptors (Lipinski definition) is 3. The van der Waals surface area contributed by atoms with Crippen LogP contribution < -0.4 is 4.74 Å². The number of halogens is 1. The number of carbonyl (C=O) groups excluding carboxylic acids is 1. The van der Waals surface area contributed by atoms with E-state index in [1.807, 2.05) is 0 Å². The summed E-state index contributed by atoms with van der Waals surface area (Å²) < 4.78 is 17.2. The van der Waals surface area contributed by atoms with Crippen LogP contribution in [0.5, 0.6) is 5.75 Å². The highest BCUT2D eigenvalue weighted by molar-refractivity contribution is 5.75. The fraction of sp³-hybridized carbons (Fsp3) is 0.143. The molecule has 58 valence electrons. The molecule has 0 saturated heterocycles. The van der Waals surface area contributed by atoms with Gasteiger partial charge in [0.2, 0.25) is 5.95 Å². The van der Waals surface area contributed by atoms with Crippen molar-refractivity contribution in [3.8, 4) is 5.75 Å². The van der Waals surface area contributed by atoms with Crippen LogP contribution in [0.15, 0.2) is 12.3 Å². The highest BCUT2D eigenvalue weighted by Crippen LogP contribution is 2.11. The van der Waals surface area contributed by atoms with Crippen LogP contribution in [0.25, 0.3) is 0 Å². The first-order valence-corrected chi connectivity index (χ1v) is 2.92. The molecule has 4 heteroatoms. The monoisotopic (exact) mass is 155 g/mol. The molecule has 1 aromatic rings. The molecule has 0 fully saturated rings. The maximum atomic E-state index is 12.5. The Morgan fingerprint density at radius 3 is 3.00 bits per heavy atom. The zero-order valence-corrected chi connectivity index (χ0v) is 5.87. The number of methoxy groups -OCH3 is 1. The molecule has 0 N–H and O–H groups in total. The number of rotatable bonds is 2. The summed E-state index contributed by atoms with van der Waals surface area (Å²) in [6, 6.07) is 1.29. The van der Waals surface area contributed by atoms with E-state index >= 15 is 0 Å².